The Kier molecular flexibility index (Phi) is 6.20. The summed E-state index contributed by atoms with van der Waals surface area (Å²) < 4.78 is 0. The number of hydrogen-bond acceptors (Lipinski definition) is 4. The minimum absolute atomic E-state index is 0.0354. The molecule has 38 heavy (non-hydrogen) atoms. The summed E-state index contributed by atoms with van der Waals surface area (Å²) in [5.41, 5.74) is 1.63. The Morgan fingerprint density at radius 1 is 0.526 bits per heavy atom. The molecule has 6 nitrogen and oxygen atoms in total. The zero-order chi connectivity index (χ0) is 26.7. The van der Waals surface area contributed by atoms with Crippen molar-refractivity contribution in [3.8, 4) is 0 Å². The third-order valence-electron chi connectivity index (χ3n) is 10.4. The van der Waals surface area contributed by atoms with Gasteiger partial charge in [0.25, 0.3) is 23.6 Å². The van der Waals surface area contributed by atoms with Crippen LogP contribution in [0.4, 0.5) is 0 Å². The van der Waals surface area contributed by atoms with Gasteiger partial charge in [0.05, 0.1) is 0 Å². The number of benzene rings is 2. The lowest BCUT2D eigenvalue weighted by Crippen LogP contribution is -2.49. The molecule has 2 heterocycles. The first-order chi connectivity index (χ1) is 18.3. The van der Waals surface area contributed by atoms with E-state index in [0.29, 0.717) is 46.1 Å². The lowest BCUT2D eigenvalue weighted by atomic mass is 9.71. The molecule has 4 amide bonds. The third kappa shape index (κ3) is 3.74. The second-order valence-electron chi connectivity index (χ2n) is 12.3. The number of imide groups is 2. The van der Waals surface area contributed by atoms with E-state index in [2.05, 4.69) is 13.8 Å². The molecule has 6 heteroatoms. The molecule has 2 fully saturated rings. The maximum absolute atomic E-state index is 13.8. The van der Waals surface area contributed by atoms with Crippen LogP contribution < -0.4 is 0 Å². The molecule has 200 valence electrons. The Balaban J connectivity index is 1.39. The molecule has 0 N–H and O–H groups in total. The van der Waals surface area contributed by atoms with Crippen LogP contribution in [-0.2, 0) is 0 Å². The van der Waals surface area contributed by atoms with E-state index < -0.39 is 0 Å². The molecule has 2 saturated carbocycles. The average molecular weight is 515 g/mol. The molecule has 2 aliphatic carbocycles. The molecule has 0 aromatic heterocycles. The van der Waals surface area contributed by atoms with Gasteiger partial charge in [-0.25, -0.2) is 0 Å². The van der Waals surface area contributed by atoms with Crippen LogP contribution in [0.15, 0.2) is 24.3 Å². The van der Waals surface area contributed by atoms with Crippen molar-refractivity contribution in [2.45, 2.75) is 90.9 Å². The highest BCUT2D eigenvalue weighted by Crippen LogP contribution is 2.45. The summed E-state index contributed by atoms with van der Waals surface area (Å²) >= 11 is 0. The molecule has 6 rings (SSSR count). The van der Waals surface area contributed by atoms with E-state index in [1.165, 1.54) is 22.6 Å². The first-order valence-electron chi connectivity index (χ1n) is 14.7. The monoisotopic (exact) mass is 514 g/mol. The number of nitrogens with zero attached hydrogens (tertiary/aromatic N) is 2. The van der Waals surface area contributed by atoms with E-state index in [-0.39, 0.29) is 34.5 Å². The summed E-state index contributed by atoms with van der Waals surface area (Å²) in [5, 5.41) is 0.953. The van der Waals surface area contributed by atoms with Gasteiger partial charge in [0, 0.05) is 46.1 Å². The van der Waals surface area contributed by atoms with Gasteiger partial charge >= 0.3 is 0 Å². The second kappa shape index (κ2) is 9.32. The molecule has 0 atom stereocenters. The highest BCUT2D eigenvalue weighted by molar-refractivity contribution is 6.33. The van der Waals surface area contributed by atoms with Crippen LogP contribution in [0, 0.1) is 10.8 Å². The summed E-state index contributed by atoms with van der Waals surface area (Å²) in [5.74, 6) is -1.23. The summed E-state index contributed by atoms with van der Waals surface area (Å²) in [7, 11) is 0. The van der Waals surface area contributed by atoms with Crippen LogP contribution in [-0.4, -0.2) is 46.5 Å². The van der Waals surface area contributed by atoms with Gasteiger partial charge in [0.1, 0.15) is 0 Å². The maximum atomic E-state index is 13.8. The van der Waals surface area contributed by atoms with Gasteiger partial charge in [0.2, 0.25) is 0 Å². The van der Waals surface area contributed by atoms with Crippen molar-refractivity contribution < 1.29 is 19.2 Å². The summed E-state index contributed by atoms with van der Waals surface area (Å²) in [6.45, 7) is 5.16. The van der Waals surface area contributed by atoms with Crippen LogP contribution in [0.1, 0.15) is 132 Å². The van der Waals surface area contributed by atoms with Gasteiger partial charge in [-0.3, -0.25) is 29.0 Å². The SMILES string of the molecule is CCC1(CN2C(=O)c3ccc4c5c(ccc(c35)C2=O)C(=O)N(CC2(CC)CCCCC2)C4=O)CCCCC1. The quantitative estimate of drug-likeness (QED) is 0.400. The van der Waals surface area contributed by atoms with Crippen molar-refractivity contribution >= 4 is 34.4 Å². The fraction of sp³-hybridized carbons (Fsp3) is 0.562. The van der Waals surface area contributed by atoms with Crippen LogP contribution in [0.2, 0.25) is 0 Å². The highest BCUT2D eigenvalue weighted by atomic mass is 16.2. The lowest BCUT2D eigenvalue weighted by Gasteiger charge is -2.42. The maximum Gasteiger partial charge on any atom is 0.261 e. The molecule has 2 aromatic carbocycles. The van der Waals surface area contributed by atoms with E-state index in [4.69, 9.17) is 0 Å². The first kappa shape index (κ1) is 25.3. The van der Waals surface area contributed by atoms with Gasteiger partial charge in [-0.2, -0.15) is 0 Å². The average Bonchev–Trinajstić information content (AvgIpc) is 2.96. The zero-order valence-corrected chi connectivity index (χ0v) is 22.7. The standard InChI is InChI=1S/C32H38N2O4/c1-3-31(15-7-5-8-16-31)19-33-27(35)21-11-13-23-26-24(14-12-22(25(21)26)28(33)36)30(38)34(29(23)37)20-32(4-2)17-9-6-10-18-32/h11-14H,3-10,15-20H2,1-2H3. The molecule has 0 radical (unpaired) electrons. The highest BCUT2D eigenvalue weighted by Gasteiger charge is 2.44. The van der Waals surface area contributed by atoms with Crippen LogP contribution >= 0.6 is 0 Å². The number of carbonyl (C=O) groups is 4. The minimum Gasteiger partial charge on any atom is -0.274 e. The van der Waals surface area contributed by atoms with E-state index in [1.807, 2.05) is 0 Å². The van der Waals surface area contributed by atoms with Crippen molar-refractivity contribution in [3.63, 3.8) is 0 Å². The molecule has 2 aromatic rings. The van der Waals surface area contributed by atoms with E-state index in [1.54, 1.807) is 24.3 Å². The Labute approximate surface area is 224 Å². The smallest absolute Gasteiger partial charge is 0.261 e. The van der Waals surface area contributed by atoms with Gasteiger partial charge < -0.3 is 0 Å². The molecule has 0 unspecified atom stereocenters. The van der Waals surface area contributed by atoms with Crippen molar-refractivity contribution in [2.75, 3.05) is 13.1 Å². The molecule has 0 saturated heterocycles. The second-order valence-corrected chi connectivity index (χ2v) is 12.3. The van der Waals surface area contributed by atoms with Gasteiger partial charge in [-0.1, -0.05) is 52.4 Å². The van der Waals surface area contributed by atoms with Crippen molar-refractivity contribution in [1.82, 2.24) is 9.80 Å². The molecular weight excluding hydrogens is 476 g/mol. The molecule has 2 aliphatic heterocycles. The van der Waals surface area contributed by atoms with Crippen LogP contribution in [0.25, 0.3) is 10.8 Å². The first-order valence-corrected chi connectivity index (χ1v) is 14.7. The van der Waals surface area contributed by atoms with Crippen LogP contribution in [0.3, 0.4) is 0 Å². The fourth-order valence-corrected chi connectivity index (χ4v) is 7.78. The number of rotatable bonds is 6. The van der Waals surface area contributed by atoms with Crippen molar-refractivity contribution in [2.24, 2.45) is 10.8 Å². The summed E-state index contributed by atoms with van der Waals surface area (Å²) in [6.07, 6.45) is 12.9. The molecular formula is C32H38N2O4. The number of amides is 4. The minimum atomic E-state index is -0.306. The predicted octanol–water partition coefficient (Wildman–Crippen LogP) is 6.75. The fourth-order valence-electron chi connectivity index (χ4n) is 7.78. The Hall–Kier alpha value is -3.02. The molecule has 0 bridgehead atoms. The predicted molar refractivity (Wildman–Crippen MR) is 146 cm³/mol. The van der Waals surface area contributed by atoms with Gasteiger partial charge in [-0.15, -0.1) is 0 Å². The van der Waals surface area contributed by atoms with E-state index >= 15 is 0 Å². The summed E-state index contributed by atoms with van der Waals surface area (Å²) in [4.78, 5) is 57.9. The normalized spacial score (nSPS) is 22.4. The van der Waals surface area contributed by atoms with Crippen molar-refractivity contribution in [3.05, 3.63) is 46.5 Å². The molecule has 0 spiro atoms. The topological polar surface area (TPSA) is 74.8 Å². The Morgan fingerprint density at radius 2 is 0.816 bits per heavy atom. The van der Waals surface area contributed by atoms with Crippen molar-refractivity contribution in [1.29, 1.82) is 0 Å². The zero-order valence-electron chi connectivity index (χ0n) is 22.7. The summed E-state index contributed by atoms with van der Waals surface area (Å²) in [6, 6.07) is 6.81. The molecule has 4 aliphatic rings. The largest absolute Gasteiger partial charge is 0.274 e. The van der Waals surface area contributed by atoms with E-state index in [9.17, 15) is 19.2 Å². The Morgan fingerprint density at radius 3 is 1.08 bits per heavy atom. The van der Waals surface area contributed by atoms with Gasteiger partial charge in [0.15, 0.2) is 0 Å². The van der Waals surface area contributed by atoms with E-state index in [0.717, 1.165) is 64.2 Å². The van der Waals surface area contributed by atoms with Gasteiger partial charge in [-0.05, 0) is 73.6 Å². The number of carbonyl (C=O) groups excluding carboxylic acids is 4. The lowest BCUT2D eigenvalue weighted by molar-refractivity contribution is 0.0445. The Bertz CT molecular complexity index is 1170. The third-order valence-corrected chi connectivity index (χ3v) is 10.4. The van der Waals surface area contributed by atoms with Crippen LogP contribution in [0.5, 0.6) is 0 Å². The number of hydrogen-bond donors (Lipinski definition) is 0.